The molecule has 1 N–H and O–H groups in total. The maximum atomic E-state index is 12.6. The van der Waals surface area contributed by atoms with Gasteiger partial charge in [-0.05, 0) is 68.7 Å². The van der Waals surface area contributed by atoms with Crippen LogP contribution in [0.4, 0.5) is 5.69 Å². The number of methoxy groups -OCH3 is 1. The van der Waals surface area contributed by atoms with Crippen LogP contribution < -0.4 is 19.1 Å². The van der Waals surface area contributed by atoms with Crippen LogP contribution >= 0.6 is 0 Å². The molecule has 2 aromatic rings. The predicted octanol–water partition coefficient (Wildman–Crippen LogP) is 3.00. The quantitative estimate of drug-likeness (QED) is 0.550. The zero-order valence-corrected chi connectivity index (χ0v) is 18.7. The summed E-state index contributed by atoms with van der Waals surface area (Å²) in [6, 6.07) is 13.6. The number of hydrogen-bond acceptors (Lipinski definition) is 5. The molecule has 8 heteroatoms. The second kappa shape index (κ2) is 10.9. The minimum absolute atomic E-state index is 0.343. The summed E-state index contributed by atoms with van der Waals surface area (Å²) in [7, 11) is -2.02. The van der Waals surface area contributed by atoms with Crippen LogP contribution in [0.3, 0.4) is 0 Å². The third-order valence-electron chi connectivity index (χ3n) is 4.59. The minimum atomic E-state index is -3.65. The number of sulfonamides is 1. The molecule has 7 nitrogen and oxygen atoms in total. The van der Waals surface area contributed by atoms with Crippen molar-refractivity contribution in [3.8, 4) is 11.5 Å². The molecule has 0 radical (unpaired) electrons. The van der Waals surface area contributed by atoms with Gasteiger partial charge in [-0.25, -0.2) is 8.42 Å². The van der Waals surface area contributed by atoms with Crippen molar-refractivity contribution in [3.63, 3.8) is 0 Å². The summed E-state index contributed by atoms with van der Waals surface area (Å²) in [4.78, 5) is 12.6. The van der Waals surface area contributed by atoms with Crippen molar-refractivity contribution in [2.45, 2.75) is 32.7 Å². The number of hydrogen-bond donors (Lipinski definition) is 1. The summed E-state index contributed by atoms with van der Waals surface area (Å²) in [6.07, 6.45) is 2.64. The molecule has 2 aromatic carbocycles. The highest BCUT2D eigenvalue weighted by molar-refractivity contribution is 7.92. The molecule has 0 aliphatic rings. The molecule has 0 bridgehead atoms. The number of rotatable bonds is 11. The predicted molar refractivity (Wildman–Crippen MR) is 119 cm³/mol. The van der Waals surface area contributed by atoms with Crippen LogP contribution in [0.1, 0.15) is 25.8 Å². The Morgan fingerprint density at radius 1 is 1.07 bits per heavy atom. The molecule has 1 amide bonds. The van der Waals surface area contributed by atoms with E-state index >= 15 is 0 Å². The van der Waals surface area contributed by atoms with E-state index in [-0.39, 0.29) is 5.91 Å². The van der Waals surface area contributed by atoms with Crippen molar-refractivity contribution in [1.29, 1.82) is 0 Å². The van der Waals surface area contributed by atoms with Gasteiger partial charge >= 0.3 is 0 Å². The third kappa shape index (κ3) is 6.66. The van der Waals surface area contributed by atoms with Crippen molar-refractivity contribution in [2.75, 3.05) is 30.8 Å². The van der Waals surface area contributed by atoms with Crippen LogP contribution in [0.5, 0.6) is 11.5 Å². The lowest BCUT2D eigenvalue weighted by atomic mass is 10.1. The second-order valence-electron chi connectivity index (χ2n) is 6.90. The van der Waals surface area contributed by atoms with Gasteiger partial charge in [0.25, 0.3) is 0 Å². The molecule has 0 spiro atoms. The van der Waals surface area contributed by atoms with Crippen LogP contribution in [-0.4, -0.2) is 46.9 Å². The smallest absolute Gasteiger partial charge is 0.243 e. The largest absolute Gasteiger partial charge is 0.497 e. The standard InChI is InChI=1S/C22H30N2O5S/c1-5-29-21-14-10-19(11-15-21)24(30(4,26)27)17(2)22(25)23-16-6-7-18-8-12-20(28-3)13-9-18/h8-15,17H,5-7,16H2,1-4H3,(H,23,25). The molecule has 0 aromatic heterocycles. The van der Waals surface area contributed by atoms with Gasteiger partial charge in [0.05, 0.1) is 25.7 Å². The molecule has 0 heterocycles. The van der Waals surface area contributed by atoms with Crippen LogP contribution in [0.2, 0.25) is 0 Å². The second-order valence-corrected chi connectivity index (χ2v) is 8.76. The summed E-state index contributed by atoms with van der Waals surface area (Å²) in [6.45, 7) is 4.43. The Labute approximate surface area is 179 Å². The lowest BCUT2D eigenvalue weighted by Gasteiger charge is -2.28. The molecule has 30 heavy (non-hydrogen) atoms. The molecule has 2 rings (SSSR count). The average Bonchev–Trinajstić information content (AvgIpc) is 2.72. The zero-order valence-electron chi connectivity index (χ0n) is 17.9. The Hall–Kier alpha value is -2.74. The lowest BCUT2D eigenvalue weighted by molar-refractivity contribution is -0.121. The summed E-state index contributed by atoms with van der Waals surface area (Å²) in [5.41, 5.74) is 1.56. The van der Waals surface area contributed by atoms with E-state index in [1.54, 1.807) is 38.3 Å². The van der Waals surface area contributed by atoms with Crippen molar-refractivity contribution >= 4 is 21.6 Å². The maximum absolute atomic E-state index is 12.6. The summed E-state index contributed by atoms with van der Waals surface area (Å²) >= 11 is 0. The lowest BCUT2D eigenvalue weighted by Crippen LogP contribution is -2.48. The Morgan fingerprint density at radius 2 is 1.67 bits per heavy atom. The number of aryl methyl sites for hydroxylation is 1. The first-order valence-electron chi connectivity index (χ1n) is 9.89. The van der Waals surface area contributed by atoms with Crippen LogP contribution in [0.15, 0.2) is 48.5 Å². The van der Waals surface area contributed by atoms with Gasteiger partial charge in [0, 0.05) is 6.54 Å². The Morgan fingerprint density at radius 3 is 2.20 bits per heavy atom. The number of carbonyl (C=O) groups excluding carboxylic acids is 1. The van der Waals surface area contributed by atoms with Gasteiger partial charge < -0.3 is 14.8 Å². The maximum Gasteiger partial charge on any atom is 0.243 e. The van der Waals surface area contributed by atoms with E-state index in [0.29, 0.717) is 24.6 Å². The van der Waals surface area contributed by atoms with Crippen molar-refractivity contribution in [3.05, 3.63) is 54.1 Å². The van der Waals surface area contributed by atoms with E-state index < -0.39 is 16.1 Å². The molecule has 0 saturated heterocycles. The van der Waals surface area contributed by atoms with E-state index in [1.165, 1.54) is 0 Å². The van der Waals surface area contributed by atoms with Crippen LogP contribution in [0.25, 0.3) is 0 Å². The van der Waals surface area contributed by atoms with Crippen molar-refractivity contribution in [1.82, 2.24) is 5.32 Å². The monoisotopic (exact) mass is 434 g/mol. The van der Waals surface area contributed by atoms with E-state index in [2.05, 4.69) is 5.32 Å². The Balaban J connectivity index is 1.96. The van der Waals surface area contributed by atoms with Crippen molar-refractivity contribution in [2.24, 2.45) is 0 Å². The van der Waals surface area contributed by atoms with E-state index in [9.17, 15) is 13.2 Å². The fourth-order valence-electron chi connectivity index (χ4n) is 3.11. The topological polar surface area (TPSA) is 84.9 Å². The number of anilines is 1. The number of nitrogens with one attached hydrogen (secondary N) is 1. The van der Waals surface area contributed by atoms with Crippen LogP contribution in [-0.2, 0) is 21.2 Å². The summed E-state index contributed by atoms with van der Waals surface area (Å²) in [5.74, 6) is 1.10. The summed E-state index contributed by atoms with van der Waals surface area (Å²) < 4.78 is 36.4. The minimum Gasteiger partial charge on any atom is -0.497 e. The molecule has 1 atom stereocenters. The van der Waals surface area contributed by atoms with Crippen molar-refractivity contribution < 1.29 is 22.7 Å². The Bertz CT molecular complexity index is 912. The number of benzene rings is 2. The SMILES string of the molecule is CCOc1ccc(N(C(C)C(=O)NCCCc2ccc(OC)cc2)S(C)(=O)=O)cc1. The highest BCUT2D eigenvalue weighted by Gasteiger charge is 2.28. The third-order valence-corrected chi connectivity index (χ3v) is 5.83. The highest BCUT2D eigenvalue weighted by atomic mass is 32.2. The van der Waals surface area contributed by atoms with Gasteiger partial charge in [-0.15, -0.1) is 0 Å². The average molecular weight is 435 g/mol. The number of ether oxygens (including phenoxy) is 2. The summed E-state index contributed by atoms with van der Waals surface area (Å²) in [5, 5.41) is 2.83. The first kappa shape index (κ1) is 23.5. The molecule has 0 saturated carbocycles. The van der Waals surface area contributed by atoms with Crippen LogP contribution in [0, 0.1) is 0 Å². The Kier molecular flexibility index (Phi) is 8.53. The number of amides is 1. The fraction of sp³-hybridized carbons (Fsp3) is 0.409. The molecular formula is C22H30N2O5S. The van der Waals surface area contributed by atoms with E-state index in [1.807, 2.05) is 31.2 Å². The first-order chi connectivity index (χ1) is 14.3. The van der Waals surface area contributed by atoms with E-state index in [0.717, 1.165) is 34.7 Å². The molecule has 1 unspecified atom stereocenters. The zero-order chi connectivity index (χ0) is 22.1. The number of nitrogens with zero attached hydrogens (tertiary/aromatic N) is 1. The van der Waals surface area contributed by atoms with Gasteiger partial charge in [-0.1, -0.05) is 12.1 Å². The molecule has 0 fully saturated rings. The molecule has 0 aliphatic carbocycles. The van der Waals surface area contributed by atoms with Gasteiger partial charge in [-0.3, -0.25) is 9.10 Å². The van der Waals surface area contributed by atoms with Gasteiger partial charge in [-0.2, -0.15) is 0 Å². The highest BCUT2D eigenvalue weighted by Crippen LogP contribution is 2.24. The first-order valence-corrected chi connectivity index (χ1v) is 11.7. The molecular weight excluding hydrogens is 404 g/mol. The molecule has 164 valence electrons. The fourth-order valence-corrected chi connectivity index (χ4v) is 4.28. The molecule has 0 aliphatic heterocycles. The van der Waals surface area contributed by atoms with Gasteiger partial charge in [0.2, 0.25) is 15.9 Å². The van der Waals surface area contributed by atoms with E-state index in [4.69, 9.17) is 9.47 Å². The number of carbonyl (C=O) groups is 1. The van der Waals surface area contributed by atoms with Gasteiger partial charge in [0.1, 0.15) is 17.5 Å². The normalized spacial score (nSPS) is 12.1. The van der Waals surface area contributed by atoms with Gasteiger partial charge in [0.15, 0.2) is 0 Å².